The van der Waals surface area contributed by atoms with Crippen LogP contribution < -0.4 is 77.3 Å². The van der Waals surface area contributed by atoms with Crippen LogP contribution in [0.2, 0.25) is 0 Å². The summed E-state index contributed by atoms with van der Waals surface area (Å²) >= 11 is 0. The largest absolute Gasteiger partial charge is 0.453 e. The number of ether oxygens (including phenoxy) is 1. The lowest BCUT2D eigenvalue weighted by Gasteiger charge is -2.44. The number of hydrogen-bond donors (Lipinski definition) is 0. The SMILES string of the molecule is c1ccc(-c2ccc3c(c2)B2c4cc(-c5ccccc5)ccc4N(c4nc(-c5ccccc5)nc(-c5cccc([Si](c6ccccc6)(c6ccccc6)c6ccccc6)c5)n4)c4cc(N5c6ccccc6Oc6ccccc65)cc(c42)N3c2nc(-c3ccccc3)nc(-c3cccc([Si](c4ccccc4)(c4ccccc4)c4ccccc4)c3)n2)cc1. The van der Waals surface area contributed by atoms with Gasteiger partial charge in [-0.2, -0.15) is 19.9 Å². The summed E-state index contributed by atoms with van der Waals surface area (Å²) in [6.07, 6.45) is 0. The quantitative estimate of drug-likeness (QED) is 0.0648. The molecule has 0 amide bonds. The molecule has 0 unspecified atom stereocenters. The van der Waals surface area contributed by atoms with E-state index in [-0.39, 0.29) is 0 Å². The molecular weight excluding hydrogens is 1510 g/mol. The molecule has 0 fully saturated rings. The average molecular weight is 1580 g/mol. The third kappa shape index (κ3) is 12.5. The first kappa shape index (κ1) is 72.0. The predicted molar refractivity (Wildman–Crippen MR) is 502 cm³/mol. The first-order valence-electron chi connectivity index (χ1n) is 41.0. The highest BCUT2D eigenvalue weighted by Crippen LogP contribution is 2.54. The van der Waals surface area contributed by atoms with E-state index in [1.807, 2.05) is 36.4 Å². The zero-order valence-corrected chi connectivity index (χ0v) is 67.7. The Hall–Kier alpha value is -15.5. The number of fused-ring (bicyclic) bond motifs is 6. The molecule has 0 bridgehead atoms. The number of benzene rings is 17. The molecule has 5 heterocycles. The highest BCUT2D eigenvalue weighted by molar-refractivity contribution is 7.20. The standard InChI is InChI=1S/C108H74BN9OSi2/c1-11-37-75(38-12-1)79-65-67-94-92(71-79)109-93-72-80(76-39-13-2-14-40-76)66-68-95(93)118(108-113-104(78-43-17-4-18-44-78)111-106(115-108)82-46-36-60-91(70-82)121(87-53-25-8-26-54-87,88-55-27-9-28-56-88)89-57-29-10-30-58-89)99-74-83(116-96-61-31-33-63-100(96)119-101-64-34-32-62-97(101)116)73-98(102(99)109)117(94)107-112-103(77-41-15-3-16-42-77)110-105(114-107)81-45-35-59-90(69-81)120(84-47-19-5-20-48-84,85-49-21-6-22-50-85)86-51-23-7-24-52-86/h1-74H. The Bertz CT molecular complexity index is 6470. The van der Waals surface area contributed by atoms with Gasteiger partial charge >= 0.3 is 0 Å². The highest BCUT2D eigenvalue weighted by Gasteiger charge is 2.48. The fraction of sp³-hybridized carbons (Fsp3) is 0. The predicted octanol–water partition coefficient (Wildman–Crippen LogP) is 18.5. The van der Waals surface area contributed by atoms with Gasteiger partial charge in [0.1, 0.15) is 0 Å². The summed E-state index contributed by atoms with van der Waals surface area (Å²) in [4.78, 5) is 41.9. The zero-order valence-electron chi connectivity index (χ0n) is 65.7. The summed E-state index contributed by atoms with van der Waals surface area (Å²) < 4.78 is 6.91. The maximum Gasteiger partial charge on any atom is 0.252 e. The van der Waals surface area contributed by atoms with Crippen molar-refractivity contribution in [2.45, 2.75) is 0 Å². The summed E-state index contributed by atoms with van der Waals surface area (Å²) in [7, 11) is -6.20. The molecular formula is C108H74BN9OSi2. The third-order valence-electron chi connectivity index (χ3n) is 24.0. The van der Waals surface area contributed by atoms with Crippen LogP contribution in [0.15, 0.2) is 449 Å². The van der Waals surface area contributed by atoms with Crippen LogP contribution in [-0.4, -0.2) is 52.8 Å². The van der Waals surface area contributed by atoms with Gasteiger partial charge < -0.3 is 9.64 Å². The van der Waals surface area contributed by atoms with E-state index in [0.717, 1.165) is 101 Å². The topological polar surface area (TPSA) is 96.3 Å². The normalized spacial score (nSPS) is 12.5. The molecule has 22 rings (SSSR count). The Labute approximate surface area is 705 Å². The molecule has 19 aromatic rings. The minimum Gasteiger partial charge on any atom is -0.453 e. The number of aromatic nitrogens is 6. The van der Waals surface area contributed by atoms with E-state index in [1.165, 1.54) is 41.5 Å². The van der Waals surface area contributed by atoms with Crippen molar-refractivity contribution in [3.63, 3.8) is 0 Å². The van der Waals surface area contributed by atoms with E-state index < -0.39 is 22.9 Å². The Kier molecular flexibility index (Phi) is 18.1. The fourth-order valence-electron chi connectivity index (χ4n) is 18.7. The van der Waals surface area contributed by atoms with Crippen molar-refractivity contribution < 1.29 is 4.74 Å². The molecule has 0 radical (unpaired) electrons. The van der Waals surface area contributed by atoms with Crippen molar-refractivity contribution >= 4 is 132 Å². The molecule has 10 nitrogen and oxygen atoms in total. The molecule has 121 heavy (non-hydrogen) atoms. The first-order valence-corrected chi connectivity index (χ1v) is 45.0. The molecule has 0 aliphatic carbocycles. The molecule has 0 saturated carbocycles. The van der Waals surface area contributed by atoms with Gasteiger partial charge in [-0.1, -0.05) is 400 Å². The Morgan fingerprint density at radius 2 is 0.479 bits per heavy atom. The minimum atomic E-state index is -3.10. The molecule has 568 valence electrons. The van der Waals surface area contributed by atoms with Gasteiger partial charge in [-0.3, -0.25) is 9.80 Å². The number of para-hydroxylation sites is 4. The van der Waals surface area contributed by atoms with Crippen LogP contribution in [0.1, 0.15) is 0 Å². The van der Waals surface area contributed by atoms with Gasteiger partial charge in [0.2, 0.25) is 11.9 Å². The number of anilines is 9. The second-order valence-corrected chi connectivity index (χ2v) is 38.4. The van der Waals surface area contributed by atoms with Gasteiger partial charge in [0.25, 0.3) is 6.71 Å². The van der Waals surface area contributed by atoms with Crippen LogP contribution in [-0.2, 0) is 0 Å². The summed E-state index contributed by atoms with van der Waals surface area (Å²) in [6, 6.07) is 162. The van der Waals surface area contributed by atoms with Crippen LogP contribution in [0.5, 0.6) is 11.5 Å². The van der Waals surface area contributed by atoms with E-state index >= 15 is 0 Å². The van der Waals surface area contributed by atoms with Gasteiger partial charge in [-0.15, -0.1) is 0 Å². The van der Waals surface area contributed by atoms with Gasteiger partial charge in [-0.25, -0.2) is 9.97 Å². The molecule has 0 N–H and O–H groups in total. The molecule has 0 spiro atoms. The van der Waals surface area contributed by atoms with Gasteiger partial charge in [-0.05, 0) is 129 Å². The van der Waals surface area contributed by atoms with Crippen LogP contribution in [0.3, 0.4) is 0 Å². The lowest BCUT2D eigenvalue weighted by Crippen LogP contribution is -2.74. The lowest BCUT2D eigenvalue weighted by molar-refractivity contribution is 0.477. The minimum absolute atomic E-state index is 0.423. The van der Waals surface area contributed by atoms with Crippen molar-refractivity contribution in [3.05, 3.63) is 449 Å². The summed E-state index contributed by atoms with van der Waals surface area (Å²) in [5, 5.41) is 9.92. The highest BCUT2D eigenvalue weighted by atomic mass is 28.3. The second-order valence-electron chi connectivity index (χ2n) is 30.8. The smallest absolute Gasteiger partial charge is 0.252 e. The zero-order chi connectivity index (χ0) is 80.2. The maximum atomic E-state index is 6.91. The van der Waals surface area contributed by atoms with Crippen molar-refractivity contribution in [2.75, 3.05) is 14.7 Å². The average Bonchev–Trinajstić information content (AvgIpc) is 0.694. The molecule has 3 aliphatic rings. The molecule has 2 aromatic heterocycles. The summed E-state index contributed by atoms with van der Waals surface area (Å²) in [6.45, 7) is -0.439. The van der Waals surface area contributed by atoms with Crippen molar-refractivity contribution in [1.82, 2.24) is 29.9 Å². The van der Waals surface area contributed by atoms with Crippen molar-refractivity contribution in [3.8, 4) is 79.3 Å². The van der Waals surface area contributed by atoms with Gasteiger partial charge in [0, 0.05) is 45.0 Å². The van der Waals surface area contributed by atoms with E-state index in [0.29, 0.717) is 46.7 Å². The number of hydrogen-bond acceptors (Lipinski definition) is 10. The molecule has 3 aliphatic heterocycles. The van der Waals surface area contributed by atoms with Gasteiger partial charge in [0.05, 0.1) is 17.1 Å². The number of nitrogens with zero attached hydrogens (tertiary/aromatic N) is 9. The molecule has 0 atom stereocenters. The Balaban J connectivity index is 0.842. The van der Waals surface area contributed by atoms with E-state index in [2.05, 4.69) is 427 Å². The monoisotopic (exact) mass is 1580 g/mol. The van der Waals surface area contributed by atoms with Crippen LogP contribution >= 0.6 is 0 Å². The van der Waals surface area contributed by atoms with Crippen LogP contribution in [0.4, 0.5) is 51.7 Å². The molecule has 13 heteroatoms. The van der Waals surface area contributed by atoms with E-state index in [1.54, 1.807) is 0 Å². The summed E-state index contributed by atoms with van der Waals surface area (Å²) in [5.41, 5.74) is 16.8. The van der Waals surface area contributed by atoms with Crippen LogP contribution in [0, 0.1) is 0 Å². The first-order chi connectivity index (χ1) is 60.0. The Morgan fingerprint density at radius 3 is 0.818 bits per heavy atom. The fourth-order valence-corrected chi connectivity index (χ4v) is 28.3. The summed E-state index contributed by atoms with van der Waals surface area (Å²) in [5.74, 6) is 4.32. The Morgan fingerprint density at radius 1 is 0.198 bits per heavy atom. The van der Waals surface area contributed by atoms with Gasteiger partial charge in [0.15, 0.2) is 50.9 Å². The molecule has 17 aromatic carbocycles. The van der Waals surface area contributed by atoms with E-state index in [4.69, 9.17) is 34.6 Å². The third-order valence-corrected chi connectivity index (χ3v) is 33.6. The molecule has 0 saturated heterocycles. The number of rotatable bonds is 17. The van der Waals surface area contributed by atoms with E-state index in [9.17, 15) is 0 Å². The van der Waals surface area contributed by atoms with Crippen molar-refractivity contribution in [1.29, 1.82) is 0 Å². The second kappa shape index (κ2) is 30.5. The maximum absolute atomic E-state index is 6.91. The van der Waals surface area contributed by atoms with Crippen molar-refractivity contribution in [2.24, 2.45) is 0 Å². The lowest BCUT2D eigenvalue weighted by atomic mass is 9.33. The van der Waals surface area contributed by atoms with Crippen LogP contribution in [0.25, 0.3) is 67.8 Å².